The SMILES string of the molecule is CC(C)(C)OC(=O)NC[C@@H]1CCN(C(=O)C2CC2)C1.CC(C)(C)OC(=O)NC[C@@H]1CCNC1.Cc1cnc2ccc(-c3nc(C(=O)CC[C@@H]4CCN(C(=O)C5CC5)C4)c(N)nc3-c3ncco3)cn12.Cc1cnc2ccc(-c3nc(C(=O)O)c(N)nc3-c3ncco3)cn12.NC[C@@H]1CCN(C(=O)C2CC2)C1.O=C(Cl)C1CC1. The van der Waals surface area contributed by atoms with Crippen molar-refractivity contribution in [3.05, 3.63) is 96.7 Å². The summed E-state index contributed by atoms with van der Waals surface area (Å²) in [5, 5.41) is 18.0. The number of halogens is 1. The van der Waals surface area contributed by atoms with Gasteiger partial charge in [-0.15, -0.1) is 0 Å². The number of carbonyl (C=O) groups excluding carboxylic acids is 7. The fourth-order valence-corrected chi connectivity index (χ4v) is 13.5. The lowest BCUT2D eigenvalue weighted by Crippen LogP contribution is -2.36. The number of carbonyl (C=O) groups is 8. The number of alkyl carbamates (subject to hydrolysis) is 2. The van der Waals surface area contributed by atoms with Crippen molar-refractivity contribution in [3.63, 3.8) is 0 Å². The van der Waals surface area contributed by atoms with Crippen molar-refractivity contribution >= 4 is 81.4 Å². The van der Waals surface area contributed by atoms with Gasteiger partial charge in [0, 0.05) is 130 Å². The summed E-state index contributed by atoms with van der Waals surface area (Å²) in [4.78, 5) is 134. The number of hydrogen-bond acceptors (Lipinski definition) is 24. The zero-order valence-electron chi connectivity index (χ0n) is 65.0. The van der Waals surface area contributed by atoms with Crippen LogP contribution in [0.1, 0.15) is 164 Å². The molecule has 8 aliphatic rings. The van der Waals surface area contributed by atoms with Crippen LogP contribution in [0.15, 0.2) is 82.8 Å². The van der Waals surface area contributed by atoms with Crippen molar-refractivity contribution in [2.45, 2.75) is 156 Å². The van der Waals surface area contributed by atoms with Gasteiger partial charge in [-0.1, -0.05) is 0 Å². The minimum absolute atomic E-state index is 0.0498. The van der Waals surface area contributed by atoms with E-state index in [1.165, 1.54) is 24.9 Å². The van der Waals surface area contributed by atoms with Gasteiger partial charge in [-0.25, -0.2) is 54.3 Å². The summed E-state index contributed by atoms with van der Waals surface area (Å²) in [7, 11) is 0. The van der Waals surface area contributed by atoms with Crippen LogP contribution in [0.3, 0.4) is 0 Å². The van der Waals surface area contributed by atoms with Crippen LogP contribution in [0.5, 0.6) is 0 Å². The molecule has 33 heteroatoms. The van der Waals surface area contributed by atoms with E-state index in [1.54, 1.807) is 30.7 Å². The number of Topliss-reactive ketones (excluding diaryl/α,β-unsaturated/α-hetero) is 1. The first-order chi connectivity index (χ1) is 53.5. The van der Waals surface area contributed by atoms with Gasteiger partial charge in [-0.3, -0.25) is 24.0 Å². The number of anilines is 2. The van der Waals surface area contributed by atoms with Crippen LogP contribution in [-0.2, 0) is 28.7 Å². The van der Waals surface area contributed by atoms with Gasteiger partial charge in [-0.05, 0) is 218 Å². The Bertz CT molecular complexity index is 4630. The largest absolute Gasteiger partial charge is 0.476 e. The smallest absolute Gasteiger partial charge is 0.407 e. The maximum atomic E-state index is 13.2. The summed E-state index contributed by atoms with van der Waals surface area (Å²) in [6.45, 7) is 24.0. The molecule has 16 rings (SSSR count). The number of pyridine rings is 2. The van der Waals surface area contributed by atoms with Gasteiger partial charge < -0.3 is 80.1 Å². The second kappa shape index (κ2) is 36.8. The Hall–Kier alpha value is -10.5. The van der Waals surface area contributed by atoms with E-state index >= 15 is 0 Å². The van der Waals surface area contributed by atoms with E-state index < -0.39 is 17.2 Å². The highest BCUT2D eigenvalue weighted by atomic mass is 35.5. The van der Waals surface area contributed by atoms with Crippen molar-refractivity contribution in [2.24, 2.45) is 53.1 Å². The number of oxazole rings is 2. The molecule has 0 spiro atoms. The van der Waals surface area contributed by atoms with Crippen LogP contribution < -0.4 is 33.2 Å². The molecule has 112 heavy (non-hydrogen) atoms. The Morgan fingerprint density at radius 1 is 0.554 bits per heavy atom. The fourth-order valence-electron chi connectivity index (χ4n) is 13.3. The number of carboxylic acid groups (broad SMARTS) is 1. The van der Waals surface area contributed by atoms with E-state index in [2.05, 4.69) is 50.8 Å². The Morgan fingerprint density at radius 3 is 1.38 bits per heavy atom. The number of aryl methyl sites for hydroxylation is 2. The Morgan fingerprint density at radius 2 is 0.982 bits per heavy atom. The maximum absolute atomic E-state index is 13.2. The minimum Gasteiger partial charge on any atom is -0.476 e. The number of nitrogens with two attached hydrogens (primary N) is 3. The first-order valence-corrected chi connectivity index (χ1v) is 39.0. The van der Waals surface area contributed by atoms with E-state index in [0.29, 0.717) is 90.0 Å². The van der Waals surface area contributed by atoms with Gasteiger partial charge in [-0.2, -0.15) is 0 Å². The minimum atomic E-state index is -1.26. The molecule has 4 saturated carbocycles. The van der Waals surface area contributed by atoms with Crippen LogP contribution in [0.2, 0.25) is 0 Å². The number of aromatic carboxylic acids is 1. The van der Waals surface area contributed by atoms with Crippen LogP contribution in [0.4, 0.5) is 21.2 Å². The van der Waals surface area contributed by atoms with E-state index in [-0.39, 0.29) is 87.4 Å². The van der Waals surface area contributed by atoms with E-state index in [4.69, 9.17) is 52.1 Å². The third-order valence-corrected chi connectivity index (χ3v) is 20.4. The average Bonchev–Trinajstić information content (AvgIpc) is 1.05. The normalized spacial score (nSPS) is 19.1. The van der Waals surface area contributed by atoms with Gasteiger partial charge >= 0.3 is 18.2 Å². The summed E-state index contributed by atoms with van der Waals surface area (Å²) in [6.07, 6.45) is 25.9. The number of imidazole rings is 2. The van der Waals surface area contributed by atoms with Crippen LogP contribution in [0.25, 0.3) is 57.0 Å². The third-order valence-electron chi connectivity index (χ3n) is 20.1. The molecule has 4 saturated heterocycles. The van der Waals surface area contributed by atoms with Crippen molar-refractivity contribution in [2.75, 3.05) is 83.5 Å². The summed E-state index contributed by atoms with van der Waals surface area (Å²) >= 11 is 5.04. The Balaban J connectivity index is 0.000000143. The van der Waals surface area contributed by atoms with Gasteiger partial charge in [0.1, 0.15) is 52.1 Å². The second-order valence-electron chi connectivity index (χ2n) is 31.9. The number of hydrogen-bond donors (Lipinski definition) is 7. The zero-order chi connectivity index (χ0) is 80.1. The molecule has 10 N–H and O–H groups in total. The lowest BCUT2D eigenvalue weighted by molar-refractivity contribution is -0.132. The highest BCUT2D eigenvalue weighted by Crippen LogP contribution is 2.38. The summed E-state index contributed by atoms with van der Waals surface area (Å²) in [5.41, 5.74) is 22.7. The molecule has 32 nitrogen and oxygen atoms in total. The molecule has 8 aromatic heterocycles. The maximum Gasteiger partial charge on any atom is 0.407 e. The molecular weight excluding hydrogens is 1460 g/mol. The number of amides is 5. The third kappa shape index (κ3) is 23.1. The molecule has 8 aromatic rings. The Kier molecular flexibility index (Phi) is 27.1. The molecule has 0 radical (unpaired) electrons. The summed E-state index contributed by atoms with van der Waals surface area (Å²) in [5.74, 6) is 2.77. The van der Waals surface area contributed by atoms with Crippen molar-refractivity contribution < 1.29 is 61.8 Å². The monoisotopic (exact) mass is 1560 g/mol. The molecule has 8 fully saturated rings. The zero-order valence-corrected chi connectivity index (χ0v) is 65.8. The van der Waals surface area contributed by atoms with Crippen molar-refractivity contribution in [1.29, 1.82) is 0 Å². The first-order valence-electron chi connectivity index (χ1n) is 38.7. The molecule has 600 valence electrons. The fraction of sp³-hybridized carbons (Fsp3) is 0.544. The number of carboxylic acids is 1. The molecule has 0 aromatic carbocycles. The lowest BCUT2D eigenvalue weighted by atomic mass is 9.99. The van der Waals surface area contributed by atoms with E-state index in [0.717, 1.165) is 164 Å². The van der Waals surface area contributed by atoms with E-state index in [1.807, 2.05) is 97.2 Å². The molecule has 5 amide bonds. The molecule has 4 aliphatic heterocycles. The average molecular weight is 1560 g/mol. The number of nitrogens with one attached hydrogen (secondary N) is 3. The number of rotatable bonds is 18. The topological polar surface area (TPSA) is 437 Å². The predicted octanol–water partition coefficient (Wildman–Crippen LogP) is 9.85. The van der Waals surface area contributed by atoms with Crippen LogP contribution >= 0.6 is 11.6 Å². The van der Waals surface area contributed by atoms with Crippen molar-refractivity contribution in [3.8, 4) is 45.7 Å². The second-order valence-corrected chi connectivity index (χ2v) is 32.3. The lowest BCUT2D eigenvalue weighted by Gasteiger charge is -2.21. The highest BCUT2D eigenvalue weighted by molar-refractivity contribution is 6.64. The summed E-state index contributed by atoms with van der Waals surface area (Å²) in [6, 6.07) is 7.35. The highest BCUT2D eigenvalue weighted by Gasteiger charge is 2.40. The van der Waals surface area contributed by atoms with E-state index in [9.17, 15) is 43.5 Å². The number of nitrogen functional groups attached to an aromatic ring is 2. The first kappa shape index (κ1) is 82.5. The quantitative estimate of drug-likeness (QED) is 0.0310. The predicted molar refractivity (Wildman–Crippen MR) is 417 cm³/mol. The standard InChI is InChI=1S/C26H27N7O3.C16H12N6O3.C14H24N2O3.C10H20N2O2.C9H16N2O.C4H5ClO/c1-15-12-29-20-7-5-18(14-33(15)20)21-23(25-28-9-11-36-25)31-24(27)22(30-21)19(34)6-2-16-8-10-32(13-16)26(35)17-3-4-17;1-8-6-19-10-3-2-9(7-22(8)10)11-12(15-18-4-5-25-15)21-14(17)13(20-11)16(23)24;1-14(2,3)19-13(18)15-8-10-6-7-16(9-10)12(17)11-4-5-11;1-10(2,3)14-9(13)12-7-8-4-5-11-6-8;10-5-7-3-4-11(6-7)9(12)8-1-2-8;5-4(6)3-1-2-3/h5,7,9,11-12,14,16-17H,2-4,6,8,10,13H2,1H3,(H2,27,31);2-7H,1H3,(H2,17,21)(H,23,24);10-11H,4-9H2,1-3H3,(H,15,18);8,11H,4-7H2,1-3H3,(H,12,13);7-8H,1-6,10H2;3H,1-2H2/t16-;;10-;8-;7-;/m1.010./s1. The number of fused-ring (bicyclic) bond motifs is 2. The molecule has 4 aliphatic carbocycles. The number of ketones is 1. The number of likely N-dealkylation sites (tertiary alicyclic amines) is 3. The van der Waals surface area contributed by atoms with Gasteiger partial charge in [0.2, 0.25) is 34.7 Å². The van der Waals surface area contributed by atoms with Gasteiger partial charge in [0.15, 0.2) is 34.5 Å². The van der Waals surface area contributed by atoms with Crippen LogP contribution in [-0.4, -0.2) is 199 Å². The van der Waals surface area contributed by atoms with Crippen LogP contribution in [0, 0.1) is 61.2 Å². The number of nitrogens with zero attached hydrogens (tertiary/aromatic N) is 13. The molecule has 4 atom stereocenters. The Labute approximate surface area is 654 Å². The van der Waals surface area contributed by atoms with Crippen molar-refractivity contribution in [1.82, 2.24) is 79.3 Å². The molecular formula is C79H104ClN19O13. The molecule has 12 heterocycles. The summed E-state index contributed by atoms with van der Waals surface area (Å²) < 4.78 is 24.9. The molecule has 0 bridgehead atoms. The van der Waals surface area contributed by atoms with Gasteiger partial charge in [0.05, 0.1) is 12.4 Å². The number of ether oxygens (including phenoxy) is 2. The number of aromatic nitrogens is 10. The van der Waals surface area contributed by atoms with Gasteiger partial charge in [0.25, 0.3) is 0 Å². The molecule has 0 unspecified atom stereocenters.